The lowest BCUT2D eigenvalue weighted by Gasteiger charge is -2.34. The number of aliphatic carboxylic acids is 1. The maximum atomic E-state index is 10.8. The van der Waals surface area contributed by atoms with Crippen molar-refractivity contribution in [1.82, 2.24) is 9.97 Å². The predicted octanol–water partition coefficient (Wildman–Crippen LogP) is 1.62. The summed E-state index contributed by atoms with van der Waals surface area (Å²) >= 11 is 0. The first-order chi connectivity index (χ1) is 8.16. The Bertz CT molecular complexity index is 408. The SMILES string of the molecule is Cc1ccnc(N2CCCCC2CC(=O)O)n1. The van der Waals surface area contributed by atoms with Crippen molar-refractivity contribution in [3.05, 3.63) is 18.0 Å². The van der Waals surface area contributed by atoms with E-state index < -0.39 is 5.97 Å². The van der Waals surface area contributed by atoms with Crippen LogP contribution >= 0.6 is 0 Å². The van der Waals surface area contributed by atoms with E-state index >= 15 is 0 Å². The third kappa shape index (κ3) is 2.93. The van der Waals surface area contributed by atoms with Crippen molar-refractivity contribution in [1.29, 1.82) is 0 Å². The summed E-state index contributed by atoms with van der Waals surface area (Å²) < 4.78 is 0. The third-order valence-corrected chi connectivity index (χ3v) is 3.08. The molecule has 1 aliphatic heterocycles. The Labute approximate surface area is 100 Å². The Kier molecular flexibility index (Phi) is 3.56. The minimum absolute atomic E-state index is 0.0306. The molecule has 5 nitrogen and oxygen atoms in total. The number of piperidine rings is 1. The second kappa shape index (κ2) is 5.12. The fraction of sp³-hybridized carbons (Fsp3) is 0.583. The molecule has 1 aromatic rings. The molecule has 0 amide bonds. The van der Waals surface area contributed by atoms with Gasteiger partial charge in [-0.1, -0.05) is 0 Å². The van der Waals surface area contributed by atoms with Crippen molar-refractivity contribution in [3.8, 4) is 0 Å². The Morgan fingerprint density at radius 1 is 1.59 bits per heavy atom. The molecule has 1 fully saturated rings. The quantitative estimate of drug-likeness (QED) is 0.862. The van der Waals surface area contributed by atoms with Gasteiger partial charge in [0.25, 0.3) is 0 Å². The average molecular weight is 235 g/mol. The molecule has 0 aromatic carbocycles. The molecule has 1 aromatic heterocycles. The molecule has 0 saturated carbocycles. The standard InChI is InChI=1S/C12H17N3O2/c1-9-5-6-13-12(14-9)15-7-3-2-4-10(15)8-11(16)17/h5-6,10H,2-4,7-8H2,1H3,(H,16,17). The van der Waals surface area contributed by atoms with Crippen molar-refractivity contribution < 1.29 is 9.90 Å². The summed E-state index contributed by atoms with van der Waals surface area (Å²) in [6, 6.07) is 1.88. The van der Waals surface area contributed by atoms with E-state index in [1.54, 1.807) is 6.20 Å². The number of hydrogen-bond acceptors (Lipinski definition) is 4. The number of hydrogen-bond donors (Lipinski definition) is 1. The van der Waals surface area contributed by atoms with E-state index in [9.17, 15) is 4.79 Å². The summed E-state index contributed by atoms with van der Waals surface area (Å²) in [5.41, 5.74) is 0.912. The average Bonchev–Trinajstić information content (AvgIpc) is 2.29. The lowest BCUT2D eigenvalue weighted by molar-refractivity contribution is -0.137. The minimum atomic E-state index is -0.755. The first-order valence-corrected chi connectivity index (χ1v) is 5.95. The van der Waals surface area contributed by atoms with Gasteiger partial charge in [-0.25, -0.2) is 9.97 Å². The van der Waals surface area contributed by atoms with Crippen molar-refractivity contribution in [3.63, 3.8) is 0 Å². The largest absolute Gasteiger partial charge is 0.481 e. The number of anilines is 1. The summed E-state index contributed by atoms with van der Waals surface area (Å²) in [5.74, 6) is -0.0921. The fourth-order valence-corrected chi connectivity index (χ4v) is 2.25. The molecule has 0 spiro atoms. The molecule has 92 valence electrons. The van der Waals surface area contributed by atoms with Gasteiger partial charge in [-0.05, 0) is 32.3 Å². The zero-order valence-electron chi connectivity index (χ0n) is 9.96. The number of rotatable bonds is 3. The van der Waals surface area contributed by atoms with Crippen molar-refractivity contribution in [2.45, 2.75) is 38.6 Å². The van der Waals surface area contributed by atoms with Crippen LogP contribution in [-0.4, -0.2) is 33.6 Å². The highest BCUT2D eigenvalue weighted by Gasteiger charge is 2.26. The maximum absolute atomic E-state index is 10.8. The highest BCUT2D eigenvalue weighted by molar-refractivity contribution is 5.68. The molecular formula is C12H17N3O2. The smallest absolute Gasteiger partial charge is 0.305 e. The molecule has 1 atom stereocenters. The summed E-state index contributed by atoms with van der Waals surface area (Å²) in [6.07, 6.45) is 4.96. The van der Waals surface area contributed by atoms with Gasteiger partial charge in [0.1, 0.15) is 0 Å². The molecule has 1 saturated heterocycles. The molecular weight excluding hydrogens is 218 g/mol. The van der Waals surface area contributed by atoms with Crippen LogP contribution in [-0.2, 0) is 4.79 Å². The molecule has 1 aliphatic rings. The molecule has 0 aliphatic carbocycles. The van der Waals surface area contributed by atoms with Gasteiger partial charge in [-0.2, -0.15) is 0 Å². The van der Waals surface area contributed by atoms with Crippen LogP contribution in [0.25, 0.3) is 0 Å². The van der Waals surface area contributed by atoms with Crippen molar-refractivity contribution in [2.75, 3.05) is 11.4 Å². The van der Waals surface area contributed by atoms with Gasteiger partial charge in [0.05, 0.1) is 6.42 Å². The second-order valence-corrected chi connectivity index (χ2v) is 4.44. The maximum Gasteiger partial charge on any atom is 0.305 e. The summed E-state index contributed by atoms with van der Waals surface area (Å²) in [7, 11) is 0. The topological polar surface area (TPSA) is 66.3 Å². The molecule has 1 unspecified atom stereocenters. The predicted molar refractivity (Wildman–Crippen MR) is 64.0 cm³/mol. The van der Waals surface area contributed by atoms with E-state index in [0.717, 1.165) is 31.5 Å². The lowest BCUT2D eigenvalue weighted by atomic mass is 10.00. The fourth-order valence-electron chi connectivity index (χ4n) is 2.25. The highest BCUT2D eigenvalue weighted by Crippen LogP contribution is 2.23. The summed E-state index contributed by atoms with van der Waals surface area (Å²) in [5, 5.41) is 8.92. The van der Waals surface area contributed by atoms with E-state index in [4.69, 9.17) is 5.11 Å². The van der Waals surface area contributed by atoms with Crippen molar-refractivity contribution in [2.24, 2.45) is 0 Å². The zero-order chi connectivity index (χ0) is 12.3. The number of carbonyl (C=O) groups is 1. The molecule has 0 radical (unpaired) electrons. The van der Waals surface area contributed by atoms with Crippen LogP contribution in [0.5, 0.6) is 0 Å². The van der Waals surface area contributed by atoms with E-state index in [0.29, 0.717) is 5.95 Å². The number of carboxylic acids is 1. The van der Waals surface area contributed by atoms with E-state index in [-0.39, 0.29) is 12.5 Å². The third-order valence-electron chi connectivity index (χ3n) is 3.08. The Hall–Kier alpha value is -1.65. The molecule has 17 heavy (non-hydrogen) atoms. The first kappa shape index (κ1) is 11.8. The summed E-state index contributed by atoms with van der Waals surface area (Å²) in [4.78, 5) is 21.5. The number of aryl methyl sites for hydroxylation is 1. The zero-order valence-corrected chi connectivity index (χ0v) is 9.96. The van der Waals surface area contributed by atoms with Gasteiger partial charge in [-0.15, -0.1) is 0 Å². The second-order valence-electron chi connectivity index (χ2n) is 4.44. The van der Waals surface area contributed by atoms with Crippen LogP contribution in [0, 0.1) is 6.92 Å². The van der Waals surface area contributed by atoms with Crippen LogP contribution in [0.2, 0.25) is 0 Å². The van der Waals surface area contributed by atoms with Crippen LogP contribution in [0.3, 0.4) is 0 Å². The van der Waals surface area contributed by atoms with Gasteiger partial charge < -0.3 is 10.0 Å². The monoisotopic (exact) mass is 235 g/mol. The highest BCUT2D eigenvalue weighted by atomic mass is 16.4. The van der Waals surface area contributed by atoms with Gasteiger partial charge in [0.2, 0.25) is 5.95 Å². The molecule has 0 bridgehead atoms. The van der Waals surface area contributed by atoms with Crippen LogP contribution in [0.1, 0.15) is 31.4 Å². The number of aromatic nitrogens is 2. The molecule has 2 heterocycles. The van der Waals surface area contributed by atoms with E-state index in [1.807, 2.05) is 17.9 Å². The van der Waals surface area contributed by atoms with Crippen LogP contribution in [0.15, 0.2) is 12.3 Å². The molecule has 1 N–H and O–H groups in total. The number of nitrogens with zero attached hydrogens (tertiary/aromatic N) is 3. The number of carboxylic acid groups (broad SMARTS) is 1. The normalized spacial score (nSPS) is 20.3. The Morgan fingerprint density at radius 3 is 3.12 bits per heavy atom. The Morgan fingerprint density at radius 2 is 2.41 bits per heavy atom. The van der Waals surface area contributed by atoms with Gasteiger partial charge in [-0.3, -0.25) is 4.79 Å². The van der Waals surface area contributed by atoms with Gasteiger partial charge in [0.15, 0.2) is 0 Å². The summed E-state index contributed by atoms with van der Waals surface area (Å²) in [6.45, 7) is 2.77. The minimum Gasteiger partial charge on any atom is -0.481 e. The first-order valence-electron chi connectivity index (χ1n) is 5.95. The van der Waals surface area contributed by atoms with E-state index in [1.165, 1.54) is 0 Å². The molecule has 5 heteroatoms. The van der Waals surface area contributed by atoms with Gasteiger partial charge in [0, 0.05) is 24.5 Å². The van der Waals surface area contributed by atoms with E-state index in [2.05, 4.69) is 9.97 Å². The Balaban J connectivity index is 2.18. The van der Waals surface area contributed by atoms with Gasteiger partial charge >= 0.3 is 5.97 Å². The van der Waals surface area contributed by atoms with Crippen LogP contribution in [0.4, 0.5) is 5.95 Å². The lowest BCUT2D eigenvalue weighted by Crippen LogP contribution is -2.42. The van der Waals surface area contributed by atoms with Crippen LogP contribution < -0.4 is 4.90 Å². The van der Waals surface area contributed by atoms with Crippen molar-refractivity contribution >= 4 is 11.9 Å². The molecule has 2 rings (SSSR count).